The van der Waals surface area contributed by atoms with Crippen molar-refractivity contribution in [2.24, 2.45) is 11.3 Å². The molecule has 215 valence electrons. The molecule has 0 amide bonds. The minimum absolute atomic E-state index is 0. The van der Waals surface area contributed by atoms with Crippen LogP contribution in [0.15, 0.2) is 66.4 Å². The predicted octanol–water partition coefficient (Wildman–Crippen LogP) is 9.87. The topological polar surface area (TPSA) is 50.2 Å². The molecular weight excluding hydrogens is 678 g/mol. The normalized spacial score (nSPS) is 11.8. The number of hydrogen-bond acceptors (Lipinski definition) is 3. The minimum atomic E-state index is -0.319. The molecule has 1 aromatic heterocycles. The zero-order valence-electron chi connectivity index (χ0n) is 24.7. The molecule has 40 heavy (non-hydrogen) atoms. The summed E-state index contributed by atoms with van der Waals surface area (Å²) in [5.41, 5.74) is 4.72. The summed E-state index contributed by atoms with van der Waals surface area (Å²) in [6.45, 7) is 14.2. The van der Waals surface area contributed by atoms with Crippen molar-refractivity contribution in [2.45, 2.75) is 74.1 Å². The maximum atomic E-state index is 13.6. The van der Waals surface area contributed by atoms with Crippen molar-refractivity contribution >= 4 is 27.5 Å². The molecule has 1 radical (unpaired) electrons. The molecule has 0 aliphatic heterocycles. The Hall–Kier alpha value is -2.88. The maximum absolute atomic E-state index is 13.6. The molecule has 0 saturated carbocycles. The van der Waals surface area contributed by atoms with Gasteiger partial charge in [0.25, 0.3) is 0 Å². The van der Waals surface area contributed by atoms with Gasteiger partial charge in [-0.15, -0.1) is 34.9 Å². The molecule has 1 heterocycles. The molecule has 3 aromatic carbocycles. The van der Waals surface area contributed by atoms with Gasteiger partial charge in [-0.1, -0.05) is 72.7 Å². The van der Waals surface area contributed by atoms with Crippen molar-refractivity contribution in [3.05, 3.63) is 89.4 Å². The average Bonchev–Trinajstić information content (AvgIpc) is 2.92. The van der Waals surface area contributed by atoms with E-state index in [9.17, 15) is 14.3 Å². The number of nitrogens with zero attached hydrogens (tertiary/aromatic N) is 1. The molecule has 5 heteroatoms. The second-order valence-electron chi connectivity index (χ2n) is 10.7. The maximum Gasteiger partial charge on any atom is 0.164 e. The van der Waals surface area contributed by atoms with Crippen LogP contribution in [0.2, 0.25) is 0 Å². The first-order valence-electron chi connectivity index (χ1n) is 14.0. The number of aliphatic hydroxyl groups is 1. The Kier molecular flexibility index (Phi) is 12.2. The Bertz CT molecular complexity index is 1470. The molecule has 1 N–H and O–H groups in total. The Morgan fingerprint density at radius 1 is 0.975 bits per heavy atom. The number of aliphatic hydroxyl groups excluding tert-OH is 1. The second kappa shape index (κ2) is 14.7. The average molecular weight is 719 g/mol. The van der Waals surface area contributed by atoms with Crippen molar-refractivity contribution in [1.29, 1.82) is 0 Å². The van der Waals surface area contributed by atoms with Crippen LogP contribution in [0.4, 0.5) is 4.39 Å². The largest absolute Gasteiger partial charge is 0.512 e. The number of hydrogen-bond donors (Lipinski definition) is 1. The van der Waals surface area contributed by atoms with Crippen LogP contribution in [-0.2, 0) is 24.9 Å². The number of ketones is 1. The molecule has 3 nitrogen and oxygen atoms in total. The third-order valence-electron chi connectivity index (χ3n) is 7.91. The van der Waals surface area contributed by atoms with E-state index < -0.39 is 0 Å². The number of aromatic nitrogens is 1. The van der Waals surface area contributed by atoms with Gasteiger partial charge >= 0.3 is 0 Å². The second-order valence-corrected chi connectivity index (χ2v) is 10.7. The quantitative estimate of drug-likeness (QED) is 0.0855. The number of pyridine rings is 1. The van der Waals surface area contributed by atoms with E-state index in [0.717, 1.165) is 64.2 Å². The molecule has 0 atom stereocenters. The molecule has 4 rings (SSSR count). The fourth-order valence-electron chi connectivity index (χ4n) is 4.82. The summed E-state index contributed by atoms with van der Waals surface area (Å²) in [6.07, 6.45) is 4.83. The SMILES string of the molecule is CCC(CC)/C(O)=C/C(=O)C(C)(CC)CC.Cc1[c-]c(-c2ccc3c(ccc4ccc(F)cc43)n2)cc(C)c1.[Ir]. The summed E-state index contributed by atoms with van der Waals surface area (Å²) in [7, 11) is 0. The van der Waals surface area contributed by atoms with Gasteiger partial charge in [0.1, 0.15) is 5.82 Å². The van der Waals surface area contributed by atoms with Gasteiger partial charge in [0.05, 0.1) is 11.3 Å². The molecule has 0 spiro atoms. The van der Waals surface area contributed by atoms with Gasteiger partial charge in [0.2, 0.25) is 0 Å². The van der Waals surface area contributed by atoms with Gasteiger partial charge in [0, 0.05) is 42.9 Å². The Morgan fingerprint density at radius 2 is 1.62 bits per heavy atom. The first-order chi connectivity index (χ1) is 18.5. The van der Waals surface area contributed by atoms with E-state index in [1.54, 1.807) is 12.1 Å². The molecule has 0 aliphatic rings. The first-order valence-corrected chi connectivity index (χ1v) is 14.0. The number of rotatable bonds is 8. The standard InChI is InChI=1S/C21H15FN.C14H26O2.Ir/c1-13-9-14(2)11-16(10-13)20-8-6-18-19-12-17(22)5-3-15(19)4-7-21(18)23-20;1-6-11(7-2)12(15)10-13(16)14(5,8-3)9-4;/h3-10,12H,1-2H3;10-11,15H,6-9H2,1-5H3;/q-1;;/b;12-10-;. The van der Waals surface area contributed by atoms with E-state index in [1.165, 1.54) is 17.7 Å². The fraction of sp³-hybridized carbons (Fsp3) is 0.371. The summed E-state index contributed by atoms with van der Waals surface area (Å²) < 4.78 is 13.6. The van der Waals surface area contributed by atoms with Crippen molar-refractivity contribution in [3.63, 3.8) is 0 Å². The molecular formula is C35H41FIrNO2-. The van der Waals surface area contributed by atoms with Gasteiger partial charge in [-0.2, -0.15) is 0 Å². The van der Waals surface area contributed by atoms with Crippen LogP contribution in [0.3, 0.4) is 0 Å². The molecule has 4 aromatic rings. The number of benzene rings is 3. The summed E-state index contributed by atoms with van der Waals surface area (Å²) in [5.74, 6) is 0.212. The number of allylic oxidation sites excluding steroid dienone is 2. The van der Waals surface area contributed by atoms with E-state index in [-0.39, 0.29) is 48.8 Å². The van der Waals surface area contributed by atoms with Gasteiger partial charge in [-0.05, 0) is 60.3 Å². The van der Waals surface area contributed by atoms with Crippen LogP contribution in [0, 0.1) is 37.1 Å². The molecule has 0 aliphatic carbocycles. The van der Waals surface area contributed by atoms with Crippen LogP contribution >= 0.6 is 0 Å². The smallest absolute Gasteiger partial charge is 0.164 e. The number of aryl methyl sites for hydroxylation is 2. The van der Waals surface area contributed by atoms with E-state index in [1.807, 2.05) is 65.8 Å². The van der Waals surface area contributed by atoms with Gasteiger partial charge in [-0.25, -0.2) is 4.39 Å². The van der Waals surface area contributed by atoms with Crippen LogP contribution < -0.4 is 0 Å². The summed E-state index contributed by atoms with van der Waals surface area (Å²) in [6, 6.07) is 20.4. The van der Waals surface area contributed by atoms with Crippen molar-refractivity contribution in [3.8, 4) is 11.3 Å². The minimum Gasteiger partial charge on any atom is -0.512 e. The summed E-state index contributed by atoms with van der Waals surface area (Å²) in [5, 5.41) is 12.8. The van der Waals surface area contributed by atoms with E-state index in [2.05, 4.69) is 25.1 Å². The molecule has 0 bridgehead atoms. The number of fused-ring (bicyclic) bond motifs is 3. The van der Waals surface area contributed by atoms with Crippen LogP contribution in [0.1, 0.15) is 71.4 Å². The summed E-state index contributed by atoms with van der Waals surface area (Å²) in [4.78, 5) is 16.8. The van der Waals surface area contributed by atoms with Gasteiger partial charge < -0.3 is 5.11 Å². The number of carbonyl (C=O) groups is 1. The number of halogens is 1. The fourth-order valence-corrected chi connectivity index (χ4v) is 4.82. The van der Waals surface area contributed by atoms with Crippen LogP contribution in [0.25, 0.3) is 32.9 Å². The van der Waals surface area contributed by atoms with Crippen LogP contribution in [0.5, 0.6) is 0 Å². The summed E-state index contributed by atoms with van der Waals surface area (Å²) >= 11 is 0. The van der Waals surface area contributed by atoms with Crippen molar-refractivity contribution in [2.75, 3.05) is 0 Å². The van der Waals surface area contributed by atoms with Gasteiger partial charge in [-0.3, -0.25) is 9.78 Å². The van der Waals surface area contributed by atoms with E-state index in [4.69, 9.17) is 4.98 Å². The Morgan fingerprint density at radius 3 is 2.23 bits per heavy atom. The first kappa shape index (κ1) is 33.3. The monoisotopic (exact) mass is 719 g/mol. The number of carbonyl (C=O) groups excluding carboxylic acids is 1. The third-order valence-corrected chi connectivity index (χ3v) is 7.91. The zero-order valence-corrected chi connectivity index (χ0v) is 27.1. The van der Waals surface area contributed by atoms with Crippen molar-refractivity contribution in [1.82, 2.24) is 4.98 Å². The zero-order chi connectivity index (χ0) is 28.7. The predicted molar refractivity (Wildman–Crippen MR) is 161 cm³/mol. The van der Waals surface area contributed by atoms with E-state index >= 15 is 0 Å². The molecule has 0 saturated heterocycles. The van der Waals surface area contributed by atoms with Gasteiger partial charge in [0.15, 0.2) is 5.78 Å². The van der Waals surface area contributed by atoms with E-state index in [0.29, 0.717) is 0 Å². The Labute approximate surface area is 252 Å². The Balaban J connectivity index is 0.000000294. The van der Waals surface area contributed by atoms with Crippen molar-refractivity contribution < 1.29 is 34.4 Å². The van der Waals surface area contributed by atoms with Crippen LogP contribution in [-0.4, -0.2) is 15.9 Å². The third kappa shape index (κ3) is 7.86. The molecule has 0 fully saturated rings. The molecule has 0 unspecified atom stereocenters.